The summed E-state index contributed by atoms with van der Waals surface area (Å²) in [5.74, 6) is 0.992. The first-order chi connectivity index (χ1) is 16.0. The van der Waals surface area contributed by atoms with E-state index in [-0.39, 0.29) is 24.5 Å². The van der Waals surface area contributed by atoms with Gasteiger partial charge in [-0.15, -0.1) is 0 Å². The second-order valence-corrected chi connectivity index (χ2v) is 7.02. The average molecular weight is 446 g/mol. The van der Waals surface area contributed by atoms with E-state index < -0.39 is 5.91 Å². The minimum absolute atomic E-state index is 0.0316. The molecule has 0 bridgehead atoms. The lowest BCUT2D eigenvalue weighted by Crippen LogP contribution is -2.24. The van der Waals surface area contributed by atoms with Crippen LogP contribution in [-0.4, -0.2) is 20.1 Å². The number of hydrogen-bond donors (Lipinski definition) is 1. The summed E-state index contributed by atoms with van der Waals surface area (Å²) in [5, 5.41) is 12.2. The van der Waals surface area contributed by atoms with Crippen molar-refractivity contribution in [3.8, 4) is 23.3 Å². The fraction of sp³-hybridized carbons (Fsp3) is 0.154. The lowest BCUT2D eigenvalue weighted by Gasteiger charge is -2.11. The van der Waals surface area contributed by atoms with Crippen LogP contribution in [0.1, 0.15) is 16.7 Å². The van der Waals surface area contributed by atoms with Crippen LogP contribution in [0, 0.1) is 17.1 Å². The van der Waals surface area contributed by atoms with Crippen molar-refractivity contribution >= 4 is 12.0 Å². The zero-order chi connectivity index (χ0) is 23.6. The summed E-state index contributed by atoms with van der Waals surface area (Å²) < 4.78 is 29.4. The van der Waals surface area contributed by atoms with Crippen LogP contribution in [0.25, 0.3) is 6.08 Å². The van der Waals surface area contributed by atoms with Gasteiger partial charge in [0.1, 0.15) is 41.3 Å². The molecule has 0 aliphatic rings. The third kappa shape index (κ3) is 6.58. The van der Waals surface area contributed by atoms with Crippen LogP contribution < -0.4 is 19.5 Å². The molecular weight excluding hydrogens is 423 g/mol. The van der Waals surface area contributed by atoms with Gasteiger partial charge in [-0.2, -0.15) is 5.26 Å². The molecule has 3 rings (SSSR count). The van der Waals surface area contributed by atoms with E-state index in [0.717, 1.165) is 11.1 Å². The highest BCUT2D eigenvalue weighted by atomic mass is 19.1. The Hall–Kier alpha value is -4.31. The Labute approximate surface area is 191 Å². The molecule has 0 atom stereocenters. The van der Waals surface area contributed by atoms with E-state index in [4.69, 9.17) is 14.2 Å². The number of ether oxygens (including phenoxy) is 3. The van der Waals surface area contributed by atoms with Crippen molar-refractivity contribution in [2.24, 2.45) is 0 Å². The Bertz CT molecular complexity index is 1180. The van der Waals surface area contributed by atoms with Gasteiger partial charge >= 0.3 is 0 Å². The molecular formula is C26H23FN2O4. The molecule has 1 N–H and O–H groups in total. The van der Waals surface area contributed by atoms with Gasteiger partial charge in [-0.3, -0.25) is 4.79 Å². The predicted octanol–water partition coefficient (Wildman–Crippen LogP) is 4.65. The number of carbonyl (C=O) groups is 1. The second-order valence-electron chi connectivity index (χ2n) is 7.02. The van der Waals surface area contributed by atoms with Gasteiger partial charge in [-0.25, -0.2) is 4.39 Å². The quantitative estimate of drug-likeness (QED) is 0.382. The van der Waals surface area contributed by atoms with Crippen molar-refractivity contribution in [3.05, 3.63) is 94.8 Å². The molecule has 7 heteroatoms. The third-order valence-corrected chi connectivity index (χ3v) is 4.78. The van der Waals surface area contributed by atoms with Crippen molar-refractivity contribution < 1.29 is 23.4 Å². The third-order valence-electron chi connectivity index (χ3n) is 4.78. The molecule has 0 unspecified atom stereocenters. The molecule has 0 heterocycles. The zero-order valence-corrected chi connectivity index (χ0v) is 18.3. The lowest BCUT2D eigenvalue weighted by atomic mass is 10.1. The fourth-order valence-electron chi connectivity index (χ4n) is 3.04. The number of amides is 1. The largest absolute Gasteiger partial charge is 0.497 e. The molecule has 0 radical (unpaired) electrons. The number of halogens is 1. The predicted molar refractivity (Wildman–Crippen MR) is 122 cm³/mol. The van der Waals surface area contributed by atoms with Crippen LogP contribution in [0.4, 0.5) is 4.39 Å². The Morgan fingerprint density at radius 3 is 2.45 bits per heavy atom. The van der Waals surface area contributed by atoms with E-state index in [1.165, 1.54) is 25.3 Å². The van der Waals surface area contributed by atoms with E-state index in [1.54, 1.807) is 61.7 Å². The highest BCUT2D eigenvalue weighted by Crippen LogP contribution is 2.24. The molecule has 0 fully saturated rings. The maximum Gasteiger partial charge on any atom is 0.262 e. The first kappa shape index (κ1) is 23.4. The highest BCUT2D eigenvalue weighted by molar-refractivity contribution is 6.01. The van der Waals surface area contributed by atoms with Gasteiger partial charge in [0.15, 0.2) is 0 Å². The van der Waals surface area contributed by atoms with Gasteiger partial charge in [-0.05, 0) is 53.6 Å². The Morgan fingerprint density at radius 2 is 1.79 bits per heavy atom. The molecule has 6 nitrogen and oxygen atoms in total. The average Bonchev–Trinajstić information content (AvgIpc) is 2.85. The molecule has 0 saturated carbocycles. The number of nitrogens with zero attached hydrogens (tertiary/aromatic N) is 1. The van der Waals surface area contributed by atoms with Crippen molar-refractivity contribution in [2.75, 3.05) is 14.2 Å². The summed E-state index contributed by atoms with van der Waals surface area (Å²) in [6.07, 6.45) is 1.50. The molecule has 0 aliphatic heterocycles. The molecule has 1 amide bonds. The standard InChI is InChI=1S/C26H23FN2O4/c1-31-24-11-8-20(25(14-24)32-2)16-29-26(30)21(15-28)12-18-6-9-23(10-7-18)33-17-19-4-3-5-22(27)13-19/h3-14H,16-17H2,1-2H3,(H,29,30)/b21-12+. The highest BCUT2D eigenvalue weighted by Gasteiger charge is 2.11. The summed E-state index contributed by atoms with van der Waals surface area (Å²) in [7, 11) is 3.09. The van der Waals surface area contributed by atoms with Crippen molar-refractivity contribution in [1.29, 1.82) is 5.26 Å². The van der Waals surface area contributed by atoms with Crippen molar-refractivity contribution in [2.45, 2.75) is 13.2 Å². The summed E-state index contributed by atoms with van der Waals surface area (Å²) in [6.45, 7) is 0.422. The number of benzene rings is 3. The Kier molecular flexibility index (Phi) is 8.03. The molecule has 3 aromatic rings. The first-order valence-corrected chi connectivity index (χ1v) is 10.1. The molecule has 0 spiro atoms. The second kappa shape index (κ2) is 11.3. The SMILES string of the molecule is COc1ccc(CNC(=O)/C(C#N)=C/c2ccc(OCc3cccc(F)c3)cc2)c(OC)c1. The van der Waals surface area contributed by atoms with Gasteiger partial charge < -0.3 is 19.5 Å². The lowest BCUT2D eigenvalue weighted by molar-refractivity contribution is -0.117. The van der Waals surface area contributed by atoms with Crippen LogP contribution >= 0.6 is 0 Å². The van der Waals surface area contributed by atoms with Gasteiger partial charge in [0.05, 0.1) is 14.2 Å². The van der Waals surface area contributed by atoms with Crippen LogP contribution in [0.5, 0.6) is 17.2 Å². The monoisotopic (exact) mass is 446 g/mol. The minimum Gasteiger partial charge on any atom is -0.497 e. The zero-order valence-electron chi connectivity index (χ0n) is 18.3. The molecule has 3 aromatic carbocycles. The number of methoxy groups -OCH3 is 2. The van der Waals surface area contributed by atoms with E-state index in [1.807, 2.05) is 6.07 Å². The molecule has 168 valence electrons. The van der Waals surface area contributed by atoms with Gasteiger partial charge in [0, 0.05) is 18.2 Å². The number of carbonyl (C=O) groups excluding carboxylic acids is 1. The minimum atomic E-state index is -0.498. The van der Waals surface area contributed by atoms with Crippen molar-refractivity contribution in [3.63, 3.8) is 0 Å². The number of nitrogens with one attached hydrogen (secondary N) is 1. The first-order valence-electron chi connectivity index (χ1n) is 10.1. The van der Waals surface area contributed by atoms with Gasteiger partial charge in [0.2, 0.25) is 0 Å². The number of hydrogen-bond acceptors (Lipinski definition) is 5. The molecule has 0 saturated heterocycles. The van der Waals surface area contributed by atoms with Gasteiger partial charge in [-0.1, -0.05) is 24.3 Å². The van der Waals surface area contributed by atoms with E-state index in [2.05, 4.69) is 5.32 Å². The number of nitriles is 1. The summed E-state index contributed by atoms with van der Waals surface area (Å²) >= 11 is 0. The van der Waals surface area contributed by atoms with E-state index in [0.29, 0.717) is 22.8 Å². The molecule has 0 aliphatic carbocycles. The van der Waals surface area contributed by atoms with Gasteiger partial charge in [0.25, 0.3) is 5.91 Å². The van der Waals surface area contributed by atoms with E-state index >= 15 is 0 Å². The topological polar surface area (TPSA) is 80.6 Å². The summed E-state index contributed by atoms with van der Waals surface area (Å²) in [5.41, 5.74) is 2.11. The van der Waals surface area contributed by atoms with Crippen LogP contribution in [0.3, 0.4) is 0 Å². The normalized spacial score (nSPS) is 10.8. The summed E-state index contributed by atoms with van der Waals surface area (Å²) in [6, 6.07) is 20.3. The molecule has 33 heavy (non-hydrogen) atoms. The van der Waals surface area contributed by atoms with Crippen LogP contribution in [-0.2, 0) is 17.9 Å². The smallest absolute Gasteiger partial charge is 0.262 e. The van der Waals surface area contributed by atoms with Crippen molar-refractivity contribution in [1.82, 2.24) is 5.32 Å². The van der Waals surface area contributed by atoms with Crippen LogP contribution in [0.15, 0.2) is 72.3 Å². The maximum absolute atomic E-state index is 13.3. The van der Waals surface area contributed by atoms with Crippen LogP contribution in [0.2, 0.25) is 0 Å². The Balaban J connectivity index is 1.61. The van der Waals surface area contributed by atoms with E-state index in [9.17, 15) is 14.4 Å². The summed E-state index contributed by atoms with van der Waals surface area (Å²) in [4.78, 5) is 12.5. The Morgan fingerprint density at radius 1 is 1.03 bits per heavy atom. The maximum atomic E-state index is 13.3. The number of rotatable bonds is 9. The fourth-order valence-corrected chi connectivity index (χ4v) is 3.04. The molecule has 0 aromatic heterocycles.